The summed E-state index contributed by atoms with van der Waals surface area (Å²) in [6.45, 7) is 19.3. The molecule has 2 fully saturated rings. The normalized spacial score (nSPS) is 33.1. The molecule has 3 heteroatoms. The first-order chi connectivity index (χ1) is 8.39. The first-order valence-corrected chi connectivity index (χ1v) is 8.61. The average molecular weight is 308 g/mol. The van der Waals surface area contributed by atoms with Crippen LogP contribution in [-0.2, 0) is 15.4 Å². The second-order valence-electron chi connectivity index (χ2n) is 8.86. The van der Waals surface area contributed by atoms with Gasteiger partial charge >= 0.3 is 126 Å². The van der Waals surface area contributed by atoms with E-state index in [1.807, 2.05) is 0 Å². The van der Waals surface area contributed by atoms with Gasteiger partial charge in [0, 0.05) is 0 Å². The fraction of sp³-hybridized carbons (Fsp3) is 1.00. The predicted octanol–water partition coefficient (Wildman–Crippen LogP) is 4.20. The van der Waals surface area contributed by atoms with Crippen LogP contribution in [0.1, 0.15) is 81.1 Å². The van der Waals surface area contributed by atoms with Gasteiger partial charge in [0.2, 0.25) is 0 Å². The third kappa shape index (κ3) is 2.77. The van der Waals surface area contributed by atoms with E-state index in [4.69, 9.17) is 0 Å². The molecule has 0 amide bonds. The van der Waals surface area contributed by atoms with E-state index in [0.717, 1.165) is 15.4 Å². The predicted molar refractivity (Wildman–Crippen MR) is 78.5 cm³/mol. The van der Waals surface area contributed by atoms with Crippen molar-refractivity contribution < 1.29 is 15.4 Å². The molecule has 0 bridgehead atoms. The second-order valence-corrected chi connectivity index (χ2v) is 10.1. The molecule has 0 aromatic carbocycles. The van der Waals surface area contributed by atoms with Crippen LogP contribution in [0.15, 0.2) is 0 Å². The monoisotopic (exact) mass is 308 g/mol. The molecule has 19 heavy (non-hydrogen) atoms. The molecule has 2 nitrogen and oxygen atoms in total. The molecule has 2 aliphatic rings. The van der Waals surface area contributed by atoms with E-state index in [1.54, 1.807) is 0 Å². The standard InChI is InChI=1S/2C8H16N.Fe/c2*1-7(2)5-6-8(3,4)9-7;/h2*5-6H2,1-4H3;/q2*-1;+2. The zero-order valence-electron chi connectivity index (χ0n) is 14.1. The fourth-order valence-electron chi connectivity index (χ4n) is 3.70. The summed E-state index contributed by atoms with van der Waals surface area (Å²) < 4.78 is 5.49. The van der Waals surface area contributed by atoms with Gasteiger partial charge in [-0.2, -0.15) is 0 Å². The van der Waals surface area contributed by atoms with Crippen LogP contribution in [0, 0.1) is 0 Å². The van der Waals surface area contributed by atoms with Crippen molar-refractivity contribution in [2.24, 2.45) is 0 Å². The van der Waals surface area contributed by atoms with Crippen molar-refractivity contribution in [3.63, 3.8) is 0 Å². The van der Waals surface area contributed by atoms with Crippen LogP contribution in [0.25, 0.3) is 0 Å². The summed E-state index contributed by atoms with van der Waals surface area (Å²) in [5.74, 6) is 0. The van der Waals surface area contributed by atoms with Crippen molar-refractivity contribution >= 4 is 0 Å². The Kier molecular flexibility index (Phi) is 3.72. The van der Waals surface area contributed by atoms with Gasteiger partial charge in [-0.3, -0.25) is 0 Å². The van der Waals surface area contributed by atoms with Gasteiger partial charge in [-0.05, 0) is 0 Å². The maximum absolute atomic E-state index is 2.74. The average Bonchev–Trinajstić information content (AvgIpc) is 2.55. The third-order valence-corrected chi connectivity index (χ3v) is 8.02. The Balaban J connectivity index is 2.24. The molecule has 2 rings (SSSR count). The van der Waals surface area contributed by atoms with E-state index in [9.17, 15) is 0 Å². The van der Waals surface area contributed by atoms with Crippen LogP contribution < -0.4 is 0 Å². The summed E-state index contributed by atoms with van der Waals surface area (Å²) in [6.07, 6.45) is 5.26. The molecular formula is C16H32FeN2. The number of hydrogen-bond acceptors (Lipinski definition) is 2. The van der Waals surface area contributed by atoms with Crippen LogP contribution in [0.3, 0.4) is 0 Å². The zero-order chi connectivity index (χ0) is 14.7. The number of rotatable bonds is 2. The van der Waals surface area contributed by atoms with Gasteiger partial charge in [0.1, 0.15) is 0 Å². The Labute approximate surface area is 126 Å². The van der Waals surface area contributed by atoms with Gasteiger partial charge < -0.3 is 0 Å². The van der Waals surface area contributed by atoms with Gasteiger partial charge in [-0.25, -0.2) is 0 Å². The maximum atomic E-state index is 2.74. The molecular weight excluding hydrogens is 276 g/mol. The van der Waals surface area contributed by atoms with Gasteiger partial charge in [0.05, 0.1) is 0 Å². The Morgan fingerprint density at radius 3 is 0.947 bits per heavy atom. The van der Waals surface area contributed by atoms with Gasteiger partial charge in [-0.15, -0.1) is 0 Å². The molecule has 2 heterocycles. The number of nitrogens with zero attached hydrogens (tertiary/aromatic N) is 2. The van der Waals surface area contributed by atoms with E-state index in [0.29, 0.717) is 22.2 Å². The summed E-state index contributed by atoms with van der Waals surface area (Å²) >= 11 is 1.11. The topological polar surface area (TPSA) is 6.48 Å². The first-order valence-electron chi connectivity index (χ1n) is 7.62. The first kappa shape index (κ1) is 15.8. The van der Waals surface area contributed by atoms with Crippen molar-refractivity contribution in [3.8, 4) is 0 Å². The Hall–Kier alpha value is 0.439. The quantitative estimate of drug-likeness (QED) is 0.705. The molecule has 114 valence electrons. The van der Waals surface area contributed by atoms with Gasteiger partial charge in [-0.1, -0.05) is 0 Å². The van der Waals surface area contributed by atoms with Crippen LogP contribution in [0.2, 0.25) is 0 Å². The zero-order valence-corrected chi connectivity index (χ0v) is 15.2. The molecule has 0 spiro atoms. The summed E-state index contributed by atoms with van der Waals surface area (Å²) in [6, 6.07) is 0. The van der Waals surface area contributed by atoms with Crippen LogP contribution in [0.5, 0.6) is 0 Å². The van der Waals surface area contributed by atoms with Crippen molar-refractivity contribution in [3.05, 3.63) is 0 Å². The summed E-state index contributed by atoms with van der Waals surface area (Å²) in [5, 5.41) is 0. The SMILES string of the molecule is CC1(C)CCC(C)(C)[N]1[Fe][N]1C(C)(C)CCC1(C)C. The molecule has 0 aromatic heterocycles. The van der Waals surface area contributed by atoms with E-state index in [1.165, 1.54) is 25.7 Å². The molecule has 2 saturated heterocycles. The summed E-state index contributed by atoms with van der Waals surface area (Å²) in [7, 11) is 0. The summed E-state index contributed by atoms with van der Waals surface area (Å²) in [5.41, 5.74) is 1.33. The molecule has 0 N–H and O–H groups in total. The van der Waals surface area contributed by atoms with Crippen molar-refractivity contribution in [2.75, 3.05) is 0 Å². The number of hydrogen-bond donors (Lipinski definition) is 0. The Bertz CT molecular complexity index is 292. The minimum atomic E-state index is 0.332. The third-order valence-electron chi connectivity index (χ3n) is 4.91. The Morgan fingerprint density at radius 2 is 0.737 bits per heavy atom. The van der Waals surface area contributed by atoms with Crippen LogP contribution in [0.4, 0.5) is 0 Å². The Morgan fingerprint density at radius 1 is 0.526 bits per heavy atom. The van der Waals surface area contributed by atoms with Gasteiger partial charge in [0.25, 0.3) is 0 Å². The molecule has 0 radical (unpaired) electrons. The molecule has 0 saturated carbocycles. The van der Waals surface area contributed by atoms with Crippen LogP contribution >= 0.6 is 0 Å². The van der Waals surface area contributed by atoms with Crippen molar-refractivity contribution in [1.82, 2.24) is 7.83 Å². The minimum absolute atomic E-state index is 0.332. The fourth-order valence-corrected chi connectivity index (χ4v) is 5.61. The second kappa shape index (κ2) is 4.47. The molecule has 0 atom stereocenters. The molecule has 0 unspecified atom stereocenters. The van der Waals surface area contributed by atoms with E-state index in [2.05, 4.69) is 63.2 Å². The van der Waals surface area contributed by atoms with E-state index in [-0.39, 0.29) is 0 Å². The summed E-state index contributed by atoms with van der Waals surface area (Å²) in [4.78, 5) is 0. The van der Waals surface area contributed by atoms with Gasteiger partial charge in [0.15, 0.2) is 0 Å². The van der Waals surface area contributed by atoms with E-state index < -0.39 is 0 Å². The molecule has 0 aliphatic carbocycles. The van der Waals surface area contributed by atoms with E-state index >= 15 is 0 Å². The van der Waals surface area contributed by atoms with Crippen LogP contribution in [-0.4, -0.2) is 30.0 Å². The molecule has 0 aromatic rings. The van der Waals surface area contributed by atoms with Crippen molar-refractivity contribution in [2.45, 2.75) is 103 Å². The molecule has 2 aliphatic heterocycles. The van der Waals surface area contributed by atoms with Crippen molar-refractivity contribution in [1.29, 1.82) is 0 Å².